The molecule has 5 nitrogen and oxygen atoms in total. The van der Waals surface area contributed by atoms with E-state index in [1.165, 1.54) is 13.0 Å². The fourth-order valence-corrected chi connectivity index (χ4v) is 1.56. The minimum Gasteiger partial charge on any atom is -0.511 e. The van der Waals surface area contributed by atoms with Crippen LogP contribution in [0.1, 0.15) is 18.9 Å². The van der Waals surface area contributed by atoms with Crippen LogP contribution in [-0.4, -0.2) is 22.2 Å². The number of nitriles is 1. The minimum atomic E-state index is -4.49. The van der Waals surface area contributed by atoms with E-state index in [4.69, 9.17) is 10.4 Å². The Hall–Kier alpha value is -2.53. The number of rotatable bonds is 4. The lowest BCUT2D eigenvalue weighted by atomic mass is 10.1. The van der Waals surface area contributed by atoms with Gasteiger partial charge >= 0.3 is 6.18 Å². The van der Waals surface area contributed by atoms with Gasteiger partial charge in [0.15, 0.2) is 5.57 Å². The number of benzene rings is 1. The minimum absolute atomic E-state index is 0.0376. The molecule has 1 rings (SSSR count). The fourth-order valence-electron chi connectivity index (χ4n) is 1.56. The van der Waals surface area contributed by atoms with Crippen molar-refractivity contribution >= 4 is 11.6 Å². The summed E-state index contributed by atoms with van der Waals surface area (Å²) < 4.78 is 37.2. The van der Waals surface area contributed by atoms with Crippen molar-refractivity contribution in [3.8, 4) is 6.07 Å². The topological polar surface area (TPSA) is 93.3 Å². The van der Waals surface area contributed by atoms with Gasteiger partial charge in [-0.05, 0) is 31.2 Å². The highest BCUT2D eigenvalue weighted by atomic mass is 19.4. The van der Waals surface area contributed by atoms with Gasteiger partial charge in [-0.3, -0.25) is 4.79 Å². The van der Waals surface area contributed by atoms with Gasteiger partial charge in [-0.2, -0.15) is 18.4 Å². The summed E-state index contributed by atoms with van der Waals surface area (Å²) in [6.45, 7) is 1.36. The molecule has 0 fully saturated rings. The highest BCUT2D eigenvalue weighted by molar-refractivity contribution is 6.06. The summed E-state index contributed by atoms with van der Waals surface area (Å²) in [4.78, 5) is 11.8. The molecule has 0 heterocycles. The Morgan fingerprint density at radius 1 is 1.36 bits per heavy atom. The Morgan fingerprint density at radius 2 is 1.91 bits per heavy atom. The van der Waals surface area contributed by atoms with Gasteiger partial charge in [0.1, 0.15) is 11.8 Å². The second kappa shape index (κ2) is 6.95. The third-order valence-electron chi connectivity index (χ3n) is 2.59. The molecular formula is C14H13F3N2O3. The number of aliphatic hydroxyl groups is 2. The first-order valence-electron chi connectivity index (χ1n) is 6.14. The van der Waals surface area contributed by atoms with Gasteiger partial charge in [-0.15, -0.1) is 0 Å². The van der Waals surface area contributed by atoms with Gasteiger partial charge in [0.25, 0.3) is 5.91 Å². The number of aliphatic hydroxyl groups excluding tert-OH is 2. The van der Waals surface area contributed by atoms with Crippen LogP contribution in [0.25, 0.3) is 0 Å². The van der Waals surface area contributed by atoms with Crippen LogP contribution in [0.4, 0.5) is 18.9 Å². The lowest BCUT2D eigenvalue weighted by Crippen LogP contribution is -2.17. The number of amides is 1. The van der Waals surface area contributed by atoms with Gasteiger partial charge in [0.2, 0.25) is 0 Å². The Balaban J connectivity index is 2.90. The molecule has 0 aliphatic heterocycles. The molecule has 0 saturated heterocycles. The lowest BCUT2D eigenvalue weighted by molar-refractivity contribution is -0.137. The first-order chi connectivity index (χ1) is 10.1. The number of anilines is 1. The molecule has 0 aromatic heterocycles. The highest BCUT2D eigenvalue weighted by Crippen LogP contribution is 2.29. The van der Waals surface area contributed by atoms with Gasteiger partial charge in [0.05, 0.1) is 11.7 Å². The maximum absolute atomic E-state index is 12.4. The van der Waals surface area contributed by atoms with E-state index in [1.54, 1.807) is 0 Å². The molecule has 0 unspecified atom stereocenters. The summed E-state index contributed by atoms with van der Waals surface area (Å²) in [5.74, 6) is -1.57. The number of carbonyl (C=O) groups is 1. The number of alkyl halides is 3. The number of nitrogens with one attached hydrogen (secondary N) is 1. The van der Waals surface area contributed by atoms with Crippen molar-refractivity contribution in [3.05, 3.63) is 41.2 Å². The standard InChI is InChI=1S/C14H13F3N2O3/c1-8(20)6-12(21)11(7-18)13(22)19-10-4-2-9(3-5-10)14(15,16)17/h2-5,8,20-21H,6H2,1H3,(H,19,22)/b12-11-/t8-/m0/s1. The number of halogens is 3. The normalized spacial score (nSPS) is 13.8. The molecule has 8 heteroatoms. The second-order valence-electron chi connectivity index (χ2n) is 4.52. The molecule has 0 saturated carbocycles. The summed E-state index contributed by atoms with van der Waals surface area (Å²) in [5, 5.41) is 29.7. The van der Waals surface area contributed by atoms with Crippen molar-refractivity contribution in [1.29, 1.82) is 5.26 Å². The molecule has 0 aliphatic rings. The van der Waals surface area contributed by atoms with Crippen LogP contribution in [0.3, 0.4) is 0 Å². The molecule has 0 radical (unpaired) electrons. The number of carbonyl (C=O) groups excluding carboxylic acids is 1. The molecule has 22 heavy (non-hydrogen) atoms. The molecule has 1 aromatic rings. The molecular weight excluding hydrogens is 301 g/mol. The third-order valence-corrected chi connectivity index (χ3v) is 2.59. The van der Waals surface area contributed by atoms with Crippen LogP contribution in [-0.2, 0) is 11.0 Å². The van der Waals surface area contributed by atoms with Crippen molar-refractivity contribution in [3.63, 3.8) is 0 Å². The molecule has 1 amide bonds. The average molecular weight is 314 g/mol. The van der Waals surface area contributed by atoms with Crippen LogP contribution in [0, 0.1) is 11.3 Å². The highest BCUT2D eigenvalue weighted by Gasteiger charge is 2.30. The van der Waals surface area contributed by atoms with Crippen molar-refractivity contribution in [2.75, 3.05) is 5.32 Å². The molecule has 1 atom stereocenters. The van der Waals surface area contributed by atoms with E-state index in [9.17, 15) is 23.1 Å². The smallest absolute Gasteiger partial charge is 0.416 e. The fraction of sp³-hybridized carbons (Fsp3) is 0.286. The molecule has 0 spiro atoms. The van der Waals surface area contributed by atoms with Crippen LogP contribution in [0.15, 0.2) is 35.6 Å². The molecule has 1 aromatic carbocycles. The first-order valence-corrected chi connectivity index (χ1v) is 6.14. The largest absolute Gasteiger partial charge is 0.511 e. The zero-order chi connectivity index (χ0) is 16.9. The number of hydrogen-bond donors (Lipinski definition) is 3. The van der Waals surface area contributed by atoms with E-state index in [0.29, 0.717) is 0 Å². The summed E-state index contributed by atoms with van der Waals surface area (Å²) >= 11 is 0. The Labute approximate surface area is 124 Å². The Kier molecular flexibility index (Phi) is 5.54. The summed E-state index contributed by atoms with van der Waals surface area (Å²) in [7, 11) is 0. The average Bonchev–Trinajstić information content (AvgIpc) is 2.38. The monoisotopic (exact) mass is 314 g/mol. The van der Waals surface area contributed by atoms with E-state index in [-0.39, 0.29) is 12.1 Å². The third kappa shape index (κ3) is 4.79. The van der Waals surface area contributed by atoms with Crippen LogP contribution in [0.5, 0.6) is 0 Å². The van der Waals surface area contributed by atoms with Crippen LogP contribution < -0.4 is 5.32 Å². The van der Waals surface area contributed by atoms with Crippen molar-refractivity contribution in [1.82, 2.24) is 0 Å². The molecule has 0 bridgehead atoms. The summed E-state index contributed by atoms with van der Waals surface area (Å²) in [6.07, 6.45) is -5.73. The zero-order valence-corrected chi connectivity index (χ0v) is 11.5. The lowest BCUT2D eigenvalue weighted by Gasteiger charge is -2.09. The Bertz CT molecular complexity index is 614. The van der Waals surface area contributed by atoms with Crippen LogP contribution >= 0.6 is 0 Å². The van der Waals surface area contributed by atoms with E-state index < -0.39 is 35.1 Å². The molecule has 0 aliphatic carbocycles. The van der Waals surface area contributed by atoms with E-state index in [2.05, 4.69) is 5.32 Å². The SMILES string of the molecule is C[C@H](O)C/C(O)=C(\C#N)C(=O)Nc1ccc(C(F)(F)F)cc1. The first kappa shape index (κ1) is 17.5. The van der Waals surface area contributed by atoms with Gasteiger partial charge in [-0.1, -0.05) is 0 Å². The van der Waals surface area contributed by atoms with Crippen molar-refractivity contribution in [2.24, 2.45) is 0 Å². The number of nitrogens with zero attached hydrogens (tertiary/aromatic N) is 1. The molecule has 118 valence electrons. The van der Waals surface area contributed by atoms with E-state index >= 15 is 0 Å². The van der Waals surface area contributed by atoms with Gasteiger partial charge in [0, 0.05) is 12.1 Å². The Morgan fingerprint density at radius 3 is 2.32 bits per heavy atom. The van der Waals surface area contributed by atoms with Gasteiger partial charge < -0.3 is 15.5 Å². The van der Waals surface area contributed by atoms with Gasteiger partial charge in [-0.25, -0.2) is 0 Å². The van der Waals surface area contributed by atoms with E-state index in [1.807, 2.05) is 0 Å². The van der Waals surface area contributed by atoms with Crippen LogP contribution in [0.2, 0.25) is 0 Å². The zero-order valence-electron chi connectivity index (χ0n) is 11.5. The maximum Gasteiger partial charge on any atom is 0.416 e. The predicted octanol–water partition coefficient (Wildman–Crippen LogP) is 2.75. The molecule has 3 N–H and O–H groups in total. The maximum atomic E-state index is 12.4. The summed E-state index contributed by atoms with van der Waals surface area (Å²) in [6, 6.07) is 5.11. The van der Waals surface area contributed by atoms with Crippen molar-refractivity contribution < 1.29 is 28.2 Å². The van der Waals surface area contributed by atoms with E-state index in [0.717, 1.165) is 24.3 Å². The predicted molar refractivity (Wildman–Crippen MR) is 71.6 cm³/mol. The number of hydrogen-bond acceptors (Lipinski definition) is 4. The quantitative estimate of drug-likeness (QED) is 0.452. The summed E-state index contributed by atoms with van der Waals surface area (Å²) in [5.41, 5.74) is -1.45. The van der Waals surface area contributed by atoms with Crippen molar-refractivity contribution in [2.45, 2.75) is 25.6 Å². The second-order valence-corrected chi connectivity index (χ2v) is 4.52.